The zero-order valence-electron chi connectivity index (χ0n) is 10.8. The molecule has 4 heteroatoms. The Labute approximate surface area is 115 Å². The van der Waals surface area contributed by atoms with Crippen LogP contribution in [-0.4, -0.2) is 5.11 Å². The van der Waals surface area contributed by atoms with Crippen LogP contribution in [0.5, 0.6) is 0 Å². The van der Waals surface area contributed by atoms with Crippen LogP contribution in [0.1, 0.15) is 30.1 Å². The summed E-state index contributed by atoms with van der Waals surface area (Å²) in [4.78, 5) is 0. The van der Waals surface area contributed by atoms with Crippen molar-refractivity contribution in [3.8, 4) is 0 Å². The second-order valence-corrected chi connectivity index (χ2v) is 4.66. The van der Waals surface area contributed by atoms with Crippen LogP contribution in [0.15, 0.2) is 42.5 Å². The largest absolute Gasteiger partial charge is 0.388 e. The zero-order chi connectivity index (χ0) is 14.5. The Hall–Kier alpha value is -1.81. The van der Waals surface area contributed by atoms with Gasteiger partial charge in [0.2, 0.25) is 0 Å². The van der Waals surface area contributed by atoms with E-state index in [1.54, 1.807) is 0 Å². The second kappa shape index (κ2) is 6.57. The average molecular weight is 280 g/mol. The zero-order valence-corrected chi connectivity index (χ0v) is 10.8. The van der Waals surface area contributed by atoms with Crippen LogP contribution >= 0.6 is 0 Å². The highest BCUT2D eigenvalue weighted by Gasteiger charge is 2.18. The summed E-state index contributed by atoms with van der Waals surface area (Å²) in [6, 6.07) is 11.6. The monoisotopic (exact) mass is 280 g/mol. The van der Waals surface area contributed by atoms with Crippen LogP contribution in [-0.2, 0) is 6.42 Å². The van der Waals surface area contributed by atoms with Gasteiger partial charge >= 0.3 is 0 Å². The van der Waals surface area contributed by atoms with E-state index in [-0.39, 0.29) is 12.0 Å². The van der Waals surface area contributed by atoms with Crippen LogP contribution in [0.2, 0.25) is 0 Å². The van der Waals surface area contributed by atoms with Gasteiger partial charge in [0.1, 0.15) is 0 Å². The Morgan fingerprint density at radius 2 is 1.60 bits per heavy atom. The Balaban J connectivity index is 1.95. The summed E-state index contributed by atoms with van der Waals surface area (Å²) in [5, 5.41) is 9.87. The van der Waals surface area contributed by atoms with Crippen LogP contribution in [0.4, 0.5) is 13.2 Å². The standard InChI is InChI=1S/C16H15F3O/c17-13-10-9-12(15(18)16(13)19)14(20)8-4-7-11-5-2-1-3-6-11/h1-3,5-6,9-10,14,20H,4,7-8H2. The predicted molar refractivity (Wildman–Crippen MR) is 70.7 cm³/mol. The quantitative estimate of drug-likeness (QED) is 0.815. The van der Waals surface area contributed by atoms with Gasteiger partial charge in [-0.2, -0.15) is 0 Å². The lowest BCUT2D eigenvalue weighted by Crippen LogP contribution is -2.05. The maximum atomic E-state index is 13.5. The van der Waals surface area contributed by atoms with Gasteiger partial charge in [0.25, 0.3) is 0 Å². The Morgan fingerprint density at radius 3 is 2.30 bits per heavy atom. The molecule has 2 aromatic rings. The van der Waals surface area contributed by atoms with Gasteiger partial charge in [0.15, 0.2) is 17.5 Å². The lowest BCUT2D eigenvalue weighted by atomic mass is 10.0. The molecule has 0 aliphatic carbocycles. The van der Waals surface area contributed by atoms with Gasteiger partial charge in [-0.1, -0.05) is 36.4 Å². The van der Waals surface area contributed by atoms with Gasteiger partial charge < -0.3 is 5.11 Å². The minimum atomic E-state index is -1.54. The van der Waals surface area contributed by atoms with Gasteiger partial charge in [-0.15, -0.1) is 0 Å². The van der Waals surface area contributed by atoms with Crippen molar-refractivity contribution in [1.29, 1.82) is 0 Å². The van der Waals surface area contributed by atoms with Crippen LogP contribution < -0.4 is 0 Å². The lowest BCUT2D eigenvalue weighted by Gasteiger charge is -2.12. The number of aliphatic hydroxyl groups is 1. The molecule has 0 aromatic heterocycles. The van der Waals surface area contributed by atoms with E-state index in [4.69, 9.17) is 0 Å². The molecule has 1 unspecified atom stereocenters. The minimum Gasteiger partial charge on any atom is -0.388 e. The van der Waals surface area contributed by atoms with Crippen LogP contribution in [0.25, 0.3) is 0 Å². The fourth-order valence-corrected chi connectivity index (χ4v) is 2.10. The lowest BCUT2D eigenvalue weighted by molar-refractivity contribution is 0.158. The fraction of sp³-hybridized carbons (Fsp3) is 0.250. The smallest absolute Gasteiger partial charge is 0.194 e. The molecular weight excluding hydrogens is 265 g/mol. The first-order valence-corrected chi connectivity index (χ1v) is 6.45. The molecule has 0 saturated heterocycles. The molecular formula is C16H15F3O. The van der Waals surface area contributed by atoms with Gasteiger partial charge in [-0.05, 0) is 30.9 Å². The third-order valence-corrected chi connectivity index (χ3v) is 3.21. The van der Waals surface area contributed by atoms with E-state index >= 15 is 0 Å². The maximum Gasteiger partial charge on any atom is 0.194 e. The molecule has 2 aromatic carbocycles. The predicted octanol–water partition coefficient (Wildman–Crippen LogP) is 4.16. The summed E-state index contributed by atoms with van der Waals surface area (Å²) in [7, 11) is 0. The first kappa shape index (κ1) is 14.6. The Bertz CT molecular complexity index is 569. The summed E-state index contributed by atoms with van der Waals surface area (Å²) < 4.78 is 39.4. The molecule has 0 amide bonds. The van der Waals surface area contributed by atoms with Crippen LogP contribution in [0, 0.1) is 17.5 Å². The molecule has 1 nitrogen and oxygen atoms in total. The van der Waals surface area contributed by atoms with E-state index in [0.717, 1.165) is 24.1 Å². The highest BCUT2D eigenvalue weighted by Crippen LogP contribution is 2.25. The van der Waals surface area contributed by atoms with Crippen molar-refractivity contribution >= 4 is 0 Å². The topological polar surface area (TPSA) is 20.2 Å². The number of aryl methyl sites for hydroxylation is 1. The Kier molecular flexibility index (Phi) is 4.79. The van der Waals surface area contributed by atoms with Crippen molar-refractivity contribution in [2.24, 2.45) is 0 Å². The average Bonchev–Trinajstić information content (AvgIpc) is 2.46. The molecule has 0 heterocycles. The normalized spacial score (nSPS) is 12.4. The summed E-state index contributed by atoms with van der Waals surface area (Å²) in [6.07, 6.45) is 0.526. The number of rotatable bonds is 5. The number of benzene rings is 2. The maximum absolute atomic E-state index is 13.5. The number of aliphatic hydroxyl groups excluding tert-OH is 1. The first-order chi connectivity index (χ1) is 9.59. The van der Waals surface area contributed by atoms with Crippen LogP contribution in [0.3, 0.4) is 0 Å². The second-order valence-electron chi connectivity index (χ2n) is 4.66. The molecule has 0 radical (unpaired) electrons. The van der Waals surface area contributed by atoms with E-state index in [0.29, 0.717) is 6.42 Å². The third kappa shape index (κ3) is 3.39. The molecule has 1 N–H and O–H groups in total. The summed E-state index contributed by atoms with van der Waals surface area (Å²) in [5.74, 6) is -4.09. The molecule has 0 aliphatic rings. The van der Waals surface area contributed by atoms with Crippen molar-refractivity contribution in [2.45, 2.75) is 25.4 Å². The number of halogens is 3. The van der Waals surface area contributed by atoms with E-state index in [1.807, 2.05) is 30.3 Å². The van der Waals surface area contributed by atoms with Gasteiger partial charge in [0, 0.05) is 5.56 Å². The number of hydrogen-bond donors (Lipinski definition) is 1. The van der Waals surface area contributed by atoms with E-state index in [2.05, 4.69) is 0 Å². The van der Waals surface area contributed by atoms with Gasteiger partial charge in [0.05, 0.1) is 6.10 Å². The van der Waals surface area contributed by atoms with Gasteiger partial charge in [-0.3, -0.25) is 0 Å². The van der Waals surface area contributed by atoms with Crippen molar-refractivity contribution in [1.82, 2.24) is 0 Å². The molecule has 0 saturated carbocycles. The molecule has 0 bridgehead atoms. The summed E-state index contributed by atoms with van der Waals surface area (Å²) in [6.45, 7) is 0. The highest BCUT2D eigenvalue weighted by molar-refractivity contribution is 5.22. The minimum absolute atomic E-state index is 0.197. The number of hydrogen-bond acceptors (Lipinski definition) is 1. The van der Waals surface area contributed by atoms with Gasteiger partial charge in [-0.25, -0.2) is 13.2 Å². The van der Waals surface area contributed by atoms with E-state index in [1.165, 1.54) is 0 Å². The van der Waals surface area contributed by atoms with Crippen molar-refractivity contribution in [3.63, 3.8) is 0 Å². The Morgan fingerprint density at radius 1 is 0.900 bits per heavy atom. The van der Waals surface area contributed by atoms with E-state index in [9.17, 15) is 18.3 Å². The molecule has 20 heavy (non-hydrogen) atoms. The first-order valence-electron chi connectivity index (χ1n) is 6.45. The molecule has 0 spiro atoms. The van der Waals surface area contributed by atoms with Crippen molar-refractivity contribution in [3.05, 3.63) is 71.0 Å². The SMILES string of the molecule is OC(CCCc1ccccc1)c1ccc(F)c(F)c1F. The van der Waals surface area contributed by atoms with Crippen molar-refractivity contribution < 1.29 is 18.3 Å². The molecule has 0 aliphatic heterocycles. The molecule has 0 fully saturated rings. The third-order valence-electron chi connectivity index (χ3n) is 3.21. The van der Waals surface area contributed by atoms with Crippen molar-refractivity contribution in [2.75, 3.05) is 0 Å². The summed E-state index contributed by atoms with van der Waals surface area (Å²) in [5.41, 5.74) is 0.919. The molecule has 2 rings (SSSR count). The molecule has 106 valence electrons. The molecule has 1 atom stereocenters. The fourth-order valence-electron chi connectivity index (χ4n) is 2.10. The summed E-state index contributed by atoms with van der Waals surface area (Å²) >= 11 is 0. The van der Waals surface area contributed by atoms with E-state index < -0.39 is 23.6 Å². The highest BCUT2D eigenvalue weighted by atomic mass is 19.2.